The van der Waals surface area contributed by atoms with Gasteiger partial charge in [0.25, 0.3) is 0 Å². The van der Waals surface area contributed by atoms with Crippen LogP contribution in [0.3, 0.4) is 0 Å². The molecule has 4 aromatic rings. The van der Waals surface area contributed by atoms with Crippen molar-refractivity contribution in [2.24, 2.45) is 5.73 Å². The molecule has 0 aliphatic carbocycles. The van der Waals surface area contributed by atoms with Gasteiger partial charge in [-0.15, -0.1) is 0 Å². The number of nitrogens with two attached hydrogens (primary N) is 1. The lowest BCUT2D eigenvalue weighted by atomic mass is 9.95. The Labute approximate surface area is 228 Å². The van der Waals surface area contributed by atoms with E-state index < -0.39 is 12.1 Å². The molecule has 2 atom stereocenters. The number of amides is 2. The lowest BCUT2D eigenvalue weighted by molar-refractivity contribution is -0.150. The summed E-state index contributed by atoms with van der Waals surface area (Å²) in [6.45, 7) is 0.952. The molecule has 1 aliphatic heterocycles. The van der Waals surface area contributed by atoms with Crippen molar-refractivity contribution in [3.05, 3.63) is 107 Å². The predicted molar refractivity (Wildman–Crippen MR) is 154 cm³/mol. The first-order chi connectivity index (χ1) is 18.5. The molecule has 5 nitrogen and oxygen atoms in total. The zero-order valence-corrected chi connectivity index (χ0v) is 22.0. The highest BCUT2D eigenvalue weighted by Gasteiger charge is 2.40. The molecule has 1 heterocycles. The second-order valence-electron chi connectivity index (χ2n) is 9.92. The van der Waals surface area contributed by atoms with Crippen LogP contribution in [0.25, 0.3) is 21.9 Å². The van der Waals surface area contributed by atoms with Crippen molar-refractivity contribution in [1.82, 2.24) is 10.2 Å². The van der Waals surface area contributed by atoms with Crippen LogP contribution in [0.1, 0.15) is 30.4 Å². The maximum absolute atomic E-state index is 13.8. The smallest absolute Gasteiger partial charge is 0.246 e. The van der Waals surface area contributed by atoms with E-state index in [9.17, 15) is 9.59 Å². The first kappa shape index (κ1) is 26.0. The first-order valence-corrected chi connectivity index (χ1v) is 13.5. The normalized spacial score (nSPS) is 17.6. The second-order valence-corrected chi connectivity index (χ2v) is 10.4. The maximum Gasteiger partial charge on any atom is 0.246 e. The van der Waals surface area contributed by atoms with Crippen LogP contribution in [0.2, 0.25) is 5.02 Å². The monoisotopic (exact) mass is 525 g/mol. The average molecular weight is 526 g/mol. The van der Waals surface area contributed by atoms with Gasteiger partial charge in [0.2, 0.25) is 11.8 Å². The molecule has 5 rings (SSSR count). The minimum Gasteiger partial charge on any atom is -0.342 e. The number of carbonyl (C=O) groups is 2. The van der Waals surface area contributed by atoms with E-state index in [0.717, 1.165) is 45.9 Å². The van der Waals surface area contributed by atoms with Crippen LogP contribution >= 0.6 is 11.6 Å². The predicted octanol–water partition coefficient (Wildman–Crippen LogP) is 5.73. The molecule has 0 spiro atoms. The van der Waals surface area contributed by atoms with Gasteiger partial charge in [0.1, 0.15) is 12.1 Å². The number of nitrogens with one attached hydrogen (secondary N) is 1. The number of fused-ring (bicyclic) bond motifs is 1. The van der Waals surface area contributed by atoms with Gasteiger partial charge in [-0.25, -0.2) is 0 Å². The Bertz CT molecular complexity index is 1420. The van der Waals surface area contributed by atoms with Crippen molar-refractivity contribution in [2.75, 3.05) is 6.54 Å². The lowest BCUT2D eigenvalue weighted by Crippen LogP contribution is -2.63. The van der Waals surface area contributed by atoms with E-state index in [0.29, 0.717) is 31.0 Å². The van der Waals surface area contributed by atoms with Crippen LogP contribution in [0.15, 0.2) is 91.0 Å². The topological polar surface area (TPSA) is 75.4 Å². The number of hydrogen-bond acceptors (Lipinski definition) is 3. The molecular weight excluding hydrogens is 494 g/mol. The van der Waals surface area contributed by atoms with E-state index in [-0.39, 0.29) is 11.8 Å². The van der Waals surface area contributed by atoms with Crippen molar-refractivity contribution >= 4 is 34.2 Å². The summed E-state index contributed by atoms with van der Waals surface area (Å²) < 4.78 is 0. The van der Waals surface area contributed by atoms with E-state index in [2.05, 4.69) is 29.6 Å². The van der Waals surface area contributed by atoms with Crippen LogP contribution in [0, 0.1) is 0 Å². The van der Waals surface area contributed by atoms with Gasteiger partial charge in [-0.2, -0.15) is 0 Å². The minimum atomic E-state index is -0.595. The van der Waals surface area contributed by atoms with Gasteiger partial charge < -0.3 is 16.0 Å². The van der Waals surface area contributed by atoms with Gasteiger partial charge in [0.15, 0.2) is 0 Å². The van der Waals surface area contributed by atoms with E-state index >= 15 is 0 Å². The van der Waals surface area contributed by atoms with Crippen molar-refractivity contribution in [2.45, 2.75) is 44.3 Å². The summed E-state index contributed by atoms with van der Waals surface area (Å²) in [7, 11) is 0. The Hall–Kier alpha value is -3.67. The highest BCUT2D eigenvalue weighted by atomic mass is 35.5. The fourth-order valence-electron chi connectivity index (χ4n) is 5.16. The zero-order chi connectivity index (χ0) is 26.5. The van der Waals surface area contributed by atoms with Crippen LogP contribution in [0.5, 0.6) is 0 Å². The number of rotatable bonds is 9. The third-order valence-corrected chi connectivity index (χ3v) is 7.50. The third kappa shape index (κ3) is 5.90. The highest BCUT2D eigenvalue weighted by molar-refractivity contribution is 6.30. The molecular formula is C32H32ClN3O2. The summed E-state index contributed by atoms with van der Waals surface area (Å²) >= 11 is 6.03. The van der Waals surface area contributed by atoms with Crippen molar-refractivity contribution in [1.29, 1.82) is 0 Å². The van der Waals surface area contributed by atoms with Crippen LogP contribution in [0.4, 0.5) is 0 Å². The highest BCUT2D eigenvalue weighted by Crippen LogP contribution is 2.25. The Kier molecular flexibility index (Phi) is 8.06. The van der Waals surface area contributed by atoms with Gasteiger partial charge >= 0.3 is 0 Å². The van der Waals surface area contributed by atoms with E-state index in [1.807, 2.05) is 66.7 Å². The molecule has 1 fully saturated rings. The summed E-state index contributed by atoms with van der Waals surface area (Å²) in [6, 6.07) is 29.1. The molecule has 0 saturated carbocycles. The average Bonchev–Trinajstić information content (AvgIpc) is 2.94. The summed E-state index contributed by atoms with van der Waals surface area (Å²) in [6.07, 6.45) is 2.67. The van der Waals surface area contributed by atoms with Gasteiger partial charge in [-0.05, 0) is 71.0 Å². The Morgan fingerprint density at radius 1 is 0.789 bits per heavy atom. The number of piperazine rings is 1. The molecule has 4 aromatic carbocycles. The third-order valence-electron chi connectivity index (χ3n) is 7.25. The second kappa shape index (κ2) is 11.8. The standard InChI is InChI=1S/C32H32ClN3O2/c33-28-16-14-26(15-17-28)25-11-8-22(9-12-25)21-36-30(7-3-4-18-34)31(37)35-29(32(36)38)20-23-10-13-24-5-1-2-6-27(24)19-23/h1-2,5-6,8-17,19,29-30H,3-4,7,18,20-21,34H2,(H,35,37). The number of unbranched alkanes of at least 4 members (excludes halogenated alkanes) is 1. The summed E-state index contributed by atoms with van der Waals surface area (Å²) in [5, 5.41) is 5.99. The largest absolute Gasteiger partial charge is 0.342 e. The molecule has 194 valence electrons. The summed E-state index contributed by atoms with van der Waals surface area (Å²) in [4.78, 5) is 28.8. The Morgan fingerprint density at radius 3 is 2.16 bits per heavy atom. The molecule has 1 aliphatic rings. The number of benzene rings is 4. The first-order valence-electron chi connectivity index (χ1n) is 13.2. The van der Waals surface area contributed by atoms with Gasteiger partial charge in [0, 0.05) is 18.0 Å². The molecule has 2 amide bonds. The minimum absolute atomic E-state index is 0.0442. The SMILES string of the molecule is NCCCCC1C(=O)NC(Cc2ccc3ccccc3c2)C(=O)N1Cc1ccc(-c2ccc(Cl)cc2)cc1. The number of halogens is 1. The summed E-state index contributed by atoms with van der Waals surface area (Å²) in [5.74, 6) is -0.137. The van der Waals surface area contributed by atoms with Gasteiger partial charge in [-0.1, -0.05) is 90.5 Å². The molecule has 6 heteroatoms. The number of carbonyl (C=O) groups excluding carboxylic acids is 2. The molecule has 3 N–H and O–H groups in total. The van der Waals surface area contributed by atoms with Crippen molar-refractivity contribution < 1.29 is 9.59 Å². The zero-order valence-electron chi connectivity index (χ0n) is 21.3. The van der Waals surface area contributed by atoms with E-state index in [1.54, 1.807) is 4.90 Å². The van der Waals surface area contributed by atoms with Crippen LogP contribution in [-0.2, 0) is 22.6 Å². The molecule has 38 heavy (non-hydrogen) atoms. The van der Waals surface area contributed by atoms with Crippen LogP contribution < -0.4 is 11.1 Å². The lowest BCUT2D eigenvalue weighted by Gasteiger charge is -2.39. The molecule has 1 saturated heterocycles. The van der Waals surface area contributed by atoms with Gasteiger partial charge in [0.05, 0.1) is 0 Å². The molecule has 0 aromatic heterocycles. The van der Waals surface area contributed by atoms with E-state index in [1.165, 1.54) is 0 Å². The van der Waals surface area contributed by atoms with E-state index in [4.69, 9.17) is 17.3 Å². The maximum atomic E-state index is 13.8. The Balaban J connectivity index is 1.36. The fraction of sp³-hybridized carbons (Fsp3) is 0.250. The Morgan fingerprint density at radius 2 is 1.45 bits per heavy atom. The number of nitrogens with zero attached hydrogens (tertiary/aromatic N) is 1. The van der Waals surface area contributed by atoms with Crippen molar-refractivity contribution in [3.8, 4) is 11.1 Å². The number of hydrogen-bond donors (Lipinski definition) is 2. The molecule has 2 unspecified atom stereocenters. The summed E-state index contributed by atoms with van der Waals surface area (Å²) in [5.41, 5.74) is 9.85. The molecule has 0 bridgehead atoms. The van der Waals surface area contributed by atoms with Crippen LogP contribution in [-0.4, -0.2) is 35.3 Å². The quantitative estimate of drug-likeness (QED) is 0.274. The fourth-order valence-corrected chi connectivity index (χ4v) is 5.29. The van der Waals surface area contributed by atoms with Crippen molar-refractivity contribution in [3.63, 3.8) is 0 Å². The van der Waals surface area contributed by atoms with Gasteiger partial charge in [-0.3, -0.25) is 9.59 Å². The molecule has 0 radical (unpaired) electrons.